The van der Waals surface area contributed by atoms with E-state index < -0.39 is 11.8 Å². The summed E-state index contributed by atoms with van der Waals surface area (Å²) in [6.45, 7) is 0.0376. The van der Waals surface area contributed by atoms with Gasteiger partial charge in [0, 0.05) is 5.39 Å². The van der Waals surface area contributed by atoms with Gasteiger partial charge in [0.2, 0.25) is 0 Å². The van der Waals surface area contributed by atoms with Crippen molar-refractivity contribution in [1.29, 1.82) is 0 Å². The Morgan fingerprint density at radius 3 is 2.58 bits per heavy atom. The van der Waals surface area contributed by atoms with E-state index in [1.165, 1.54) is 5.48 Å². The molecule has 1 aromatic heterocycles. The third-order valence-corrected chi connectivity index (χ3v) is 3.69. The van der Waals surface area contributed by atoms with Crippen molar-refractivity contribution in [2.24, 2.45) is 0 Å². The molecule has 1 heterocycles. The molecule has 0 atom stereocenters. The molecule has 0 saturated carbocycles. The van der Waals surface area contributed by atoms with Crippen molar-refractivity contribution < 1.29 is 19.5 Å². The first kappa shape index (κ1) is 17.4. The molecule has 0 aliphatic rings. The number of hydroxylamine groups is 1. The lowest BCUT2D eigenvalue weighted by Crippen LogP contribution is -2.35. The number of ether oxygens (including phenoxy) is 1. The average molecular weight is 351 g/mol. The van der Waals surface area contributed by atoms with Crippen molar-refractivity contribution in [3.05, 3.63) is 71.9 Å². The second-order valence-electron chi connectivity index (χ2n) is 5.52. The van der Waals surface area contributed by atoms with E-state index in [0.717, 1.165) is 10.9 Å². The zero-order chi connectivity index (χ0) is 18.4. The Bertz CT molecular complexity index is 928. The van der Waals surface area contributed by atoms with Crippen LogP contribution in [0.3, 0.4) is 0 Å². The Morgan fingerprint density at radius 1 is 1.00 bits per heavy atom. The van der Waals surface area contributed by atoms with Crippen LogP contribution in [-0.2, 0) is 11.4 Å². The summed E-state index contributed by atoms with van der Waals surface area (Å²) in [5.41, 5.74) is 3.18. The Hall–Kier alpha value is -3.45. The van der Waals surface area contributed by atoms with E-state index in [-0.39, 0.29) is 12.2 Å². The highest BCUT2D eigenvalue weighted by Crippen LogP contribution is 2.25. The van der Waals surface area contributed by atoms with Crippen LogP contribution >= 0.6 is 0 Å². The summed E-state index contributed by atoms with van der Waals surface area (Å²) in [7, 11) is 0. The fraction of sp³-hybridized carbons (Fsp3) is 0.105. The summed E-state index contributed by atoms with van der Waals surface area (Å²) in [6, 6.07) is 18.6. The molecule has 0 aliphatic carbocycles. The second kappa shape index (κ2) is 8.09. The molecule has 0 saturated heterocycles. The highest BCUT2D eigenvalue weighted by molar-refractivity contribution is 5.97. The zero-order valence-corrected chi connectivity index (χ0v) is 13.8. The molecule has 3 aromatic rings. The minimum absolute atomic E-state index is 0.152. The van der Waals surface area contributed by atoms with Crippen LogP contribution < -0.4 is 15.5 Å². The lowest BCUT2D eigenvalue weighted by molar-refractivity contribution is -0.128. The van der Waals surface area contributed by atoms with Gasteiger partial charge in [-0.15, -0.1) is 0 Å². The van der Waals surface area contributed by atoms with Gasteiger partial charge in [-0.25, -0.2) is 10.5 Å². The quantitative estimate of drug-likeness (QED) is 0.466. The number of fused-ring (bicyclic) bond motifs is 1. The summed E-state index contributed by atoms with van der Waals surface area (Å²) in [5, 5.41) is 11.7. The fourth-order valence-corrected chi connectivity index (χ4v) is 2.39. The fourth-order valence-electron chi connectivity index (χ4n) is 2.39. The van der Waals surface area contributed by atoms with Crippen molar-refractivity contribution in [3.63, 3.8) is 0 Å². The van der Waals surface area contributed by atoms with Crippen LogP contribution in [0, 0.1) is 0 Å². The van der Waals surface area contributed by atoms with Gasteiger partial charge in [-0.3, -0.25) is 14.8 Å². The number of nitrogens with one attached hydrogen (secondary N) is 2. The highest BCUT2D eigenvalue weighted by Gasteiger charge is 2.12. The molecule has 0 aliphatic heterocycles. The number of para-hydroxylation sites is 1. The predicted octanol–water partition coefficient (Wildman–Crippen LogP) is 2.05. The summed E-state index contributed by atoms with van der Waals surface area (Å²) in [5.74, 6) is -0.673. The molecule has 0 radical (unpaired) electrons. The molecular formula is C19H17N3O4. The second-order valence-corrected chi connectivity index (χ2v) is 5.52. The van der Waals surface area contributed by atoms with Gasteiger partial charge < -0.3 is 10.1 Å². The number of hydrogen-bond acceptors (Lipinski definition) is 5. The number of pyridine rings is 1. The summed E-state index contributed by atoms with van der Waals surface area (Å²) in [4.78, 5) is 27.5. The lowest BCUT2D eigenvalue weighted by Gasteiger charge is -2.10. The number of hydrogen-bond donors (Lipinski definition) is 3. The number of benzene rings is 2. The van der Waals surface area contributed by atoms with Gasteiger partial charge in [0.15, 0.2) is 0 Å². The maximum Gasteiger partial charge on any atom is 0.270 e. The van der Waals surface area contributed by atoms with Gasteiger partial charge in [-0.05, 0) is 17.7 Å². The number of rotatable bonds is 6. The van der Waals surface area contributed by atoms with Crippen molar-refractivity contribution in [2.75, 3.05) is 6.54 Å². The molecular weight excluding hydrogens is 334 g/mol. The molecule has 0 spiro atoms. The third-order valence-electron chi connectivity index (χ3n) is 3.69. The van der Waals surface area contributed by atoms with Crippen molar-refractivity contribution in [1.82, 2.24) is 15.8 Å². The number of carbonyl (C=O) groups excluding carboxylic acids is 2. The Labute approximate surface area is 149 Å². The summed E-state index contributed by atoms with van der Waals surface area (Å²) < 4.78 is 5.86. The molecule has 3 rings (SSSR count). The monoisotopic (exact) mass is 351 g/mol. The number of nitrogens with zero attached hydrogens (tertiary/aromatic N) is 1. The standard InChI is InChI=1S/C19H17N3O4/c23-17(22-25)11-20-19(24)15-10-9-14-7-4-8-16(18(14)21-15)26-12-13-5-2-1-3-6-13/h1-10,25H,11-12H2,(H,20,24)(H,22,23). The highest BCUT2D eigenvalue weighted by atomic mass is 16.5. The minimum atomic E-state index is -0.717. The van der Waals surface area contributed by atoms with Gasteiger partial charge in [-0.2, -0.15) is 0 Å². The largest absolute Gasteiger partial charge is 0.487 e. The SMILES string of the molecule is O=C(CNC(=O)c1ccc2cccc(OCc3ccccc3)c2n1)NO. The Kier molecular flexibility index (Phi) is 5.40. The van der Waals surface area contributed by atoms with Crippen LogP contribution in [0.1, 0.15) is 16.1 Å². The lowest BCUT2D eigenvalue weighted by atomic mass is 10.2. The van der Waals surface area contributed by atoms with Crippen LogP contribution in [-0.4, -0.2) is 28.6 Å². The molecule has 3 N–H and O–H groups in total. The maximum atomic E-state index is 12.1. The molecule has 2 aromatic carbocycles. The molecule has 2 amide bonds. The van der Waals surface area contributed by atoms with E-state index in [0.29, 0.717) is 17.9 Å². The van der Waals surface area contributed by atoms with Crippen LogP contribution in [0.2, 0.25) is 0 Å². The number of amides is 2. The van der Waals surface area contributed by atoms with Crippen LogP contribution in [0.4, 0.5) is 0 Å². The first-order chi connectivity index (χ1) is 12.7. The van der Waals surface area contributed by atoms with Gasteiger partial charge in [0.05, 0.1) is 6.54 Å². The van der Waals surface area contributed by atoms with Crippen LogP contribution in [0.5, 0.6) is 5.75 Å². The van der Waals surface area contributed by atoms with Gasteiger partial charge in [-0.1, -0.05) is 48.5 Å². The molecule has 0 fully saturated rings. The average Bonchev–Trinajstić information content (AvgIpc) is 2.70. The molecule has 7 heteroatoms. The molecule has 0 bridgehead atoms. The Morgan fingerprint density at radius 2 is 1.81 bits per heavy atom. The van der Waals surface area contributed by atoms with Crippen molar-refractivity contribution in [2.45, 2.75) is 6.61 Å². The van der Waals surface area contributed by atoms with Crippen molar-refractivity contribution >= 4 is 22.7 Å². The first-order valence-electron chi connectivity index (χ1n) is 7.95. The third kappa shape index (κ3) is 4.14. The normalized spacial score (nSPS) is 10.3. The van der Waals surface area contributed by atoms with E-state index in [9.17, 15) is 9.59 Å². The van der Waals surface area contributed by atoms with E-state index in [4.69, 9.17) is 9.94 Å². The minimum Gasteiger partial charge on any atom is -0.487 e. The van der Waals surface area contributed by atoms with Gasteiger partial charge >= 0.3 is 0 Å². The first-order valence-corrected chi connectivity index (χ1v) is 7.95. The zero-order valence-electron chi connectivity index (χ0n) is 13.8. The van der Waals surface area contributed by atoms with E-state index in [1.807, 2.05) is 42.5 Å². The topological polar surface area (TPSA) is 101 Å². The predicted molar refractivity (Wildman–Crippen MR) is 94.8 cm³/mol. The Balaban J connectivity index is 1.81. The molecule has 132 valence electrons. The van der Waals surface area contributed by atoms with E-state index >= 15 is 0 Å². The molecule has 26 heavy (non-hydrogen) atoms. The summed E-state index contributed by atoms with van der Waals surface area (Å²) in [6.07, 6.45) is 0. The number of aromatic nitrogens is 1. The van der Waals surface area contributed by atoms with E-state index in [2.05, 4.69) is 10.3 Å². The number of carbonyl (C=O) groups is 2. The summed E-state index contributed by atoms with van der Waals surface area (Å²) >= 11 is 0. The van der Waals surface area contributed by atoms with Crippen LogP contribution in [0.25, 0.3) is 10.9 Å². The van der Waals surface area contributed by atoms with Gasteiger partial charge in [0.1, 0.15) is 23.6 Å². The van der Waals surface area contributed by atoms with Crippen molar-refractivity contribution in [3.8, 4) is 5.75 Å². The van der Waals surface area contributed by atoms with E-state index in [1.54, 1.807) is 18.2 Å². The molecule has 7 nitrogen and oxygen atoms in total. The van der Waals surface area contributed by atoms with Crippen LogP contribution in [0.15, 0.2) is 60.7 Å². The maximum absolute atomic E-state index is 12.1. The molecule has 0 unspecified atom stereocenters. The van der Waals surface area contributed by atoms with Gasteiger partial charge in [0.25, 0.3) is 11.8 Å². The smallest absolute Gasteiger partial charge is 0.270 e.